The molecular formula is C11H9BrClNS. The first kappa shape index (κ1) is 11.1. The molecule has 78 valence electrons. The van der Waals surface area contributed by atoms with Gasteiger partial charge in [-0.1, -0.05) is 28.1 Å². The van der Waals surface area contributed by atoms with Gasteiger partial charge in [0.15, 0.2) is 0 Å². The molecule has 0 aliphatic rings. The van der Waals surface area contributed by atoms with Crippen LogP contribution in [0.4, 0.5) is 0 Å². The van der Waals surface area contributed by atoms with Gasteiger partial charge < -0.3 is 0 Å². The molecule has 0 saturated heterocycles. The summed E-state index contributed by atoms with van der Waals surface area (Å²) in [6, 6.07) is 8.22. The van der Waals surface area contributed by atoms with Gasteiger partial charge in [-0.15, -0.1) is 22.9 Å². The van der Waals surface area contributed by atoms with Crippen LogP contribution in [0.2, 0.25) is 0 Å². The van der Waals surface area contributed by atoms with Gasteiger partial charge in [-0.05, 0) is 24.1 Å². The van der Waals surface area contributed by atoms with E-state index in [0.29, 0.717) is 0 Å². The van der Waals surface area contributed by atoms with Crippen LogP contribution >= 0.6 is 38.9 Å². The average molecular weight is 303 g/mol. The van der Waals surface area contributed by atoms with Crippen molar-refractivity contribution in [1.29, 1.82) is 0 Å². The Labute approximate surface area is 106 Å². The average Bonchev–Trinajstić information content (AvgIpc) is 2.70. The van der Waals surface area contributed by atoms with E-state index in [1.54, 1.807) is 11.3 Å². The molecule has 1 unspecified atom stereocenters. The monoisotopic (exact) mass is 301 g/mol. The zero-order valence-electron chi connectivity index (χ0n) is 7.86. The Morgan fingerprint density at radius 3 is 3.00 bits per heavy atom. The largest absolute Gasteiger partial charge is 0.253 e. The molecule has 1 heterocycles. The fraction of sp³-hybridized carbons (Fsp3) is 0.182. The highest BCUT2D eigenvalue weighted by atomic mass is 79.9. The van der Waals surface area contributed by atoms with Crippen molar-refractivity contribution in [1.82, 2.24) is 4.98 Å². The Balaban J connectivity index is 2.09. The summed E-state index contributed by atoms with van der Waals surface area (Å²) < 4.78 is 1.09. The molecule has 0 N–H and O–H groups in total. The number of hydrogen-bond donors (Lipinski definition) is 0. The van der Waals surface area contributed by atoms with Gasteiger partial charge in [0.2, 0.25) is 0 Å². The minimum atomic E-state index is 0.0202. The Bertz CT molecular complexity index is 430. The van der Waals surface area contributed by atoms with Gasteiger partial charge in [-0.25, -0.2) is 0 Å². The molecule has 0 radical (unpaired) electrons. The predicted molar refractivity (Wildman–Crippen MR) is 68.6 cm³/mol. The number of halogens is 2. The van der Waals surface area contributed by atoms with Crippen LogP contribution in [0.1, 0.15) is 15.8 Å². The molecule has 0 fully saturated rings. The lowest BCUT2D eigenvalue weighted by molar-refractivity contribution is 0.935. The van der Waals surface area contributed by atoms with Gasteiger partial charge in [0.05, 0.1) is 10.9 Å². The molecule has 1 aromatic heterocycles. The number of nitrogens with zero attached hydrogens (tertiary/aromatic N) is 1. The van der Waals surface area contributed by atoms with E-state index in [-0.39, 0.29) is 5.38 Å². The molecule has 15 heavy (non-hydrogen) atoms. The first-order chi connectivity index (χ1) is 7.25. The normalized spacial score (nSPS) is 12.7. The minimum absolute atomic E-state index is 0.0202. The molecule has 0 aliphatic heterocycles. The van der Waals surface area contributed by atoms with Crippen molar-refractivity contribution in [3.05, 3.63) is 50.9 Å². The fourth-order valence-corrected chi connectivity index (χ4v) is 2.78. The third-order valence-electron chi connectivity index (χ3n) is 2.06. The lowest BCUT2D eigenvalue weighted by Crippen LogP contribution is -1.93. The molecule has 0 aliphatic carbocycles. The maximum atomic E-state index is 6.29. The predicted octanol–water partition coefficient (Wildman–Crippen LogP) is 4.43. The van der Waals surface area contributed by atoms with E-state index in [1.807, 2.05) is 23.8 Å². The maximum Gasteiger partial charge on any atom is 0.0794 e. The summed E-state index contributed by atoms with van der Waals surface area (Å²) in [5.41, 5.74) is 3.05. The van der Waals surface area contributed by atoms with E-state index in [2.05, 4.69) is 33.0 Å². The van der Waals surface area contributed by atoms with Gasteiger partial charge in [0, 0.05) is 15.5 Å². The van der Waals surface area contributed by atoms with Crippen molar-refractivity contribution in [3.63, 3.8) is 0 Å². The van der Waals surface area contributed by atoms with E-state index in [1.165, 1.54) is 5.56 Å². The molecule has 2 aromatic rings. The van der Waals surface area contributed by atoms with Gasteiger partial charge in [0.1, 0.15) is 0 Å². The quantitative estimate of drug-likeness (QED) is 0.764. The number of hydrogen-bond acceptors (Lipinski definition) is 2. The van der Waals surface area contributed by atoms with Crippen LogP contribution in [0, 0.1) is 0 Å². The standard InChI is InChI=1S/C11H9BrClNS/c12-9-3-1-2-8(4-9)5-10(13)11-6-14-7-15-11/h1-4,6-7,10H,5H2. The molecule has 1 nitrogen and oxygen atoms in total. The summed E-state index contributed by atoms with van der Waals surface area (Å²) in [4.78, 5) is 5.15. The Morgan fingerprint density at radius 2 is 2.33 bits per heavy atom. The second-order valence-corrected chi connectivity index (χ2v) is 5.57. The molecule has 2 rings (SSSR count). The summed E-state index contributed by atoms with van der Waals surface area (Å²) in [6.45, 7) is 0. The van der Waals surface area contributed by atoms with Crippen LogP contribution in [0.5, 0.6) is 0 Å². The first-order valence-electron chi connectivity index (χ1n) is 4.52. The lowest BCUT2D eigenvalue weighted by atomic mass is 10.1. The van der Waals surface area contributed by atoms with Crippen LogP contribution in [0.25, 0.3) is 0 Å². The molecular weight excluding hydrogens is 294 g/mol. The number of rotatable bonds is 3. The van der Waals surface area contributed by atoms with Crippen LogP contribution in [-0.4, -0.2) is 4.98 Å². The zero-order chi connectivity index (χ0) is 10.7. The van der Waals surface area contributed by atoms with Crippen LogP contribution in [0.3, 0.4) is 0 Å². The third kappa shape index (κ3) is 3.03. The Hall–Kier alpha value is -0.380. The molecule has 0 amide bonds. The van der Waals surface area contributed by atoms with Crippen molar-refractivity contribution in [2.75, 3.05) is 0 Å². The van der Waals surface area contributed by atoms with E-state index < -0.39 is 0 Å². The SMILES string of the molecule is ClC(Cc1cccc(Br)c1)c1cncs1. The molecule has 0 spiro atoms. The van der Waals surface area contributed by atoms with Gasteiger partial charge in [-0.2, -0.15) is 0 Å². The van der Waals surface area contributed by atoms with Gasteiger partial charge >= 0.3 is 0 Å². The summed E-state index contributed by atoms with van der Waals surface area (Å²) in [6.07, 6.45) is 2.67. The summed E-state index contributed by atoms with van der Waals surface area (Å²) in [5, 5.41) is 0.0202. The van der Waals surface area contributed by atoms with Crippen molar-refractivity contribution in [2.24, 2.45) is 0 Å². The number of alkyl halides is 1. The summed E-state index contributed by atoms with van der Waals surface area (Å²) in [5.74, 6) is 0. The van der Waals surface area contributed by atoms with Gasteiger partial charge in [-0.3, -0.25) is 4.98 Å². The zero-order valence-corrected chi connectivity index (χ0v) is 11.0. The molecule has 0 saturated carbocycles. The van der Waals surface area contributed by atoms with Crippen molar-refractivity contribution in [2.45, 2.75) is 11.8 Å². The Kier molecular flexibility index (Phi) is 3.78. The highest BCUT2D eigenvalue weighted by Crippen LogP contribution is 2.28. The summed E-state index contributed by atoms with van der Waals surface area (Å²) >= 11 is 11.3. The minimum Gasteiger partial charge on any atom is -0.253 e. The van der Waals surface area contributed by atoms with Crippen LogP contribution in [0.15, 0.2) is 40.4 Å². The van der Waals surface area contributed by atoms with Gasteiger partial charge in [0.25, 0.3) is 0 Å². The summed E-state index contributed by atoms with van der Waals surface area (Å²) in [7, 11) is 0. The first-order valence-corrected chi connectivity index (χ1v) is 6.63. The topological polar surface area (TPSA) is 12.9 Å². The van der Waals surface area contributed by atoms with E-state index in [0.717, 1.165) is 15.8 Å². The molecule has 4 heteroatoms. The molecule has 1 aromatic carbocycles. The highest BCUT2D eigenvalue weighted by molar-refractivity contribution is 9.10. The van der Waals surface area contributed by atoms with E-state index >= 15 is 0 Å². The molecule has 1 atom stereocenters. The lowest BCUT2D eigenvalue weighted by Gasteiger charge is -2.06. The second-order valence-electron chi connectivity index (χ2n) is 3.21. The molecule has 0 bridgehead atoms. The highest BCUT2D eigenvalue weighted by Gasteiger charge is 2.10. The number of aromatic nitrogens is 1. The van der Waals surface area contributed by atoms with Crippen molar-refractivity contribution >= 4 is 38.9 Å². The van der Waals surface area contributed by atoms with Crippen LogP contribution in [-0.2, 0) is 6.42 Å². The fourth-order valence-electron chi connectivity index (χ4n) is 1.35. The second kappa shape index (κ2) is 5.10. The number of thiazole rings is 1. The third-order valence-corrected chi connectivity index (χ3v) is 3.97. The van der Waals surface area contributed by atoms with Crippen molar-refractivity contribution < 1.29 is 0 Å². The smallest absolute Gasteiger partial charge is 0.0794 e. The Morgan fingerprint density at radius 1 is 1.47 bits per heavy atom. The van der Waals surface area contributed by atoms with Crippen LogP contribution < -0.4 is 0 Å². The van der Waals surface area contributed by atoms with E-state index in [4.69, 9.17) is 11.6 Å². The van der Waals surface area contributed by atoms with E-state index in [9.17, 15) is 0 Å². The number of benzene rings is 1. The maximum absolute atomic E-state index is 6.29. The van der Waals surface area contributed by atoms with Crippen molar-refractivity contribution in [3.8, 4) is 0 Å².